The van der Waals surface area contributed by atoms with Crippen LogP contribution < -0.4 is 10.1 Å². The number of amides is 1. The summed E-state index contributed by atoms with van der Waals surface area (Å²) in [6.45, 7) is 1.84. The predicted molar refractivity (Wildman–Crippen MR) is 131 cm³/mol. The number of aromatic nitrogens is 4. The number of non-ortho nitro benzene ring substituents is 1. The van der Waals surface area contributed by atoms with Crippen LogP contribution in [-0.4, -0.2) is 30.4 Å². The van der Waals surface area contributed by atoms with Crippen molar-refractivity contribution in [3.63, 3.8) is 0 Å². The molecule has 5 rings (SSSR count). The SMILES string of the molecule is Cc1cccc(Oc2cc(NC(=O)c3nc4nc(-c5cccs5)cc(C(F)(F)F)n4n3)cc([N+](=O)[O-])c2)c1. The second kappa shape index (κ2) is 9.55. The number of aryl methyl sites for hydroxylation is 1. The molecule has 192 valence electrons. The van der Waals surface area contributed by atoms with Crippen molar-refractivity contribution in [2.24, 2.45) is 0 Å². The maximum atomic E-state index is 13.8. The molecule has 1 amide bonds. The summed E-state index contributed by atoms with van der Waals surface area (Å²) in [5.41, 5.74) is -0.671. The first-order valence-corrected chi connectivity index (χ1v) is 11.7. The van der Waals surface area contributed by atoms with Gasteiger partial charge >= 0.3 is 6.18 Å². The van der Waals surface area contributed by atoms with Gasteiger partial charge in [-0.1, -0.05) is 18.2 Å². The number of halogens is 3. The lowest BCUT2D eigenvalue weighted by Crippen LogP contribution is -2.16. The lowest BCUT2D eigenvalue weighted by Gasteiger charge is -2.09. The van der Waals surface area contributed by atoms with E-state index >= 15 is 0 Å². The van der Waals surface area contributed by atoms with Crippen LogP contribution >= 0.6 is 11.3 Å². The van der Waals surface area contributed by atoms with E-state index in [1.165, 1.54) is 23.5 Å². The molecule has 2 aromatic carbocycles. The maximum Gasteiger partial charge on any atom is 0.433 e. The molecule has 0 aliphatic carbocycles. The highest BCUT2D eigenvalue weighted by Gasteiger charge is 2.36. The van der Waals surface area contributed by atoms with Crippen LogP contribution in [0.2, 0.25) is 0 Å². The number of ether oxygens (including phenoxy) is 1. The molecule has 0 saturated heterocycles. The van der Waals surface area contributed by atoms with Crippen LogP contribution in [0.4, 0.5) is 24.5 Å². The first-order chi connectivity index (χ1) is 18.1. The number of hydrogen-bond donors (Lipinski definition) is 1. The quantitative estimate of drug-likeness (QED) is 0.203. The van der Waals surface area contributed by atoms with Crippen molar-refractivity contribution >= 4 is 34.4 Å². The largest absolute Gasteiger partial charge is 0.457 e. The lowest BCUT2D eigenvalue weighted by atomic mass is 10.2. The number of nitro benzene ring substituents is 1. The smallest absolute Gasteiger partial charge is 0.433 e. The molecule has 5 aromatic rings. The number of nitrogens with one attached hydrogen (secondary N) is 1. The van der Waals surface area contributed by atoms with Crippen LogP contribution in [0.3, 0.4) is 0 Å². The highest BCUT2D eigenvalue weighted by molar-refractivity contribution is 7.13. The van der Waals surface area contributed by atoms with Gasteiger partial charge in [0.2, 0.25) is 5.82 Å². The van der Waals surface area contributed by atoms with Gasteiger partial charge in [-0.3, -0.25) is 14.9 Å². The number of nitrogens with zero attached hydrogens (tertiary/aromatic N) is 5. The van der Waals surface area contributed by atoms with Gasteiger partial charge in [0.15, 0.2) is 5.69 Å². The van der Waals surface area contributed by atoms with Crippen LogP contribution in [-0.2, 0) is 6.18 Å². The first-order valence-electron chi connectivity index (χ1n) is 10.8. The van der Waals surface area contributed by atoms with E-state index in [1.807, 2.05) is 13.0 Å². The second-order valence-corrected chi connectivity index (χ2v) is 8.94. The average Bonchev–Trinajstić information content (AvgIpc) is 3.53. The fourth-order valence-corrected chi connectivity index (χ4v) is 4.23. The third-order valence-corrected chi connectivity index (χ3v) is 6.06. The van der Waals surface area contributed by atoms with Crippen molar-refractivity contribution in [2.45, 2.75) is 13.1 Å². The molecule has 0 bridgehead atoms. The van der Waals surface area contributed by atoms with E-state index in [2.05, 4.69) is 20.4 Å². The Morgan fingerprint density at radius 3 is 2.58 bits per heavy atom. The van der Waals surface area contributed by atoms with Crippen molar-refractivity contribution in [1.29, 1.82) is 0 Å². The molecule has 0 radical (unpaired) electrons. The van der Waals surface area contributed by atoms with Crippen molar-refractivity contribution in [3.05, 3.63) is 93.2 Å². The number of fused-ring (bicyclic) bond motifs is 1. The molecule has 1 N–H and O–H groups in total. The molecule has 14 heteroatoms. The Labute approximate surface area is 215 Å². The summed E-state index contributed by atoms with van der Waals surface area (Å²) in [6, 6.07) is 14.6. The van der Waals surface area contributed by atoms with E-state index in [9.17, 15) is 28.1 Å². The summed E-state index contributed by atoms with van der Waals surface area (Å²) in [7, 11) is 0. The van der Waals surface area contributed by atoms with Crippen molar-refractivity contribution < 1.29 is 27.6 Å². The lowest BCUT2D eigenvalue weighted by molar-refractivity contribution is -0.384. The molecule has 0 aliphatic heterocycles. The standard InChI is InChI=1S/C24H15F3N6O4S/c1-13-4-2-5-16(8-13)37-17-10-14(9-15(11-17)33(35)36)28-22(34)21-30-23-29-18(19-6-3-7-38-19)12-20(24(25,26)27)32(23)31-21/h2-12H,1H3,(H,28,34). The van der Waals surface area contributed by atoms with Gasteiger partial charge in [0, 0.05) is 12.1 Å². The molecule has 0 atom stereocenters. The Kier molecular flexibility index (Phi) is 6.24. The Morgan fingerprint density at radius 1 is 1.08 bits per heavy atom. The van der Waals surface area contributed by atoms with Crippen LogP contribution in [0.5, 0.6) is 11.5 Å². The van der Waals surface area contributed by atoms with Gasteiger partial charge in [0.25, 0.3) is 17.4 Å². The minimum Gasteiger partial charge on any atom is -0.457 e. The van der Waals surface area contributed by atoms with Gasteiger partial charge in [0.1, 0.15) is 11.5 Å². The third kappa shape index (κ3) is 5.15. The molecule has 10 nitrogen and oxygen atoms in total. The number of alkyl halides is 3. The van der Waals surface area contributed by atoms with E-state index in [1.54, 1.807) is 35.7 Å². The van der Waals surface area contributed by atoms with Gasteiger partial charge in [-0.15, -0.1) is 16.4 Å². The van der Waals surface area contributed by atoms with Gasteiger partial charge in [-0.2, -0.15) is 22.7 Å². The predicted octanol–water partition coefficient (Wildman–Crippen LogP) is 6.13. The minimum atomic E-state index is -4.81. The number of carbonyl (C=O) groups is 1. The second-order valence-electron chi connectivity index (χ2n) is 7.99. The van der Waals surface area contributed by atoms with Crippen molar-refractivity contribution in [3.8, 4) is 22.1 Å². The topological polar surface area (TPSA) is 125 Å². The van der Waals surface area contributed by atoms with E-state index in [-0.39, 0.29) is 22.8 Å². The van der Waals surface area contributed by atoms with Gasteiger partial charge < -0.3 is 10.1 Å². The summed E-state index contributed by atoms with van der Waals surface area (Å²) < 4.78 is 47.5. The number of rotatable bonds is 6. The van der Waals surface area contributed by atoms with Crippen molar-refractivity contribution in [2.75, 3.05) is 5.32 Å². The number of benzene rings is 2. The molecule has 38 heavy (non-hydrogen) atoms. The fourth-order valence-electron chi connectivity index (χ4n) is 3.54. The minimum absolute atomic E-state index is 0.0239. The molecule has 0 fully saturated rings. The number of nitro groups is 1. The summed E-state index contributed by atoms with van der Waals surface area (Å²) >= 11 is 1.19. The van der Waals surface area contributed by atoms with Crippen LogP contribution in [0, 0.1) is 17.0 Å². The Hall–Kier alpha value is -4.85. The zero-order valence-corrected chi connectivity index (χ0v) is 20.1. The van der Waals surface area contributed by atoms with Gasteiger partial charge in [0.05, 0.1) is 27.2 Å². The highest BCUT2D eigenvalue weighted by atomic mass is 32.1. The summed E-state index contributed by atoms with van der Waals surface area (Å²) in [4.78, 5) is 32.1. The Balaban J connectivity index is 1.49. The monoisotopic (exact) mass is 540 g/mol. The van der Waals surface area contributed by atoms with E-state index in [4.69, 9.17) is 4.74 Å². The Bertz CT molecular complexity index is 1680. The molecular formula is C24H15F3N6O4S. The zero-order chi connectivity index (χ0) is 27.0. The molecule has 3 aromatic heterocycles. The first kappa shape index (κ1) is 24.8. The van der Waals surface area contributed by atoms with Crippen LogP contribution in [0.25, 0.3) is 16.3 Å². The normalized spacial score (nSPS) is 11.5. The number of hydrogen-bond acceptors (Lipinski definition) is 8. The molecule has 0 saturated carbocycles. The maximum absolute atomic E-state index is 13.8. The van der Waals surface area contributed by atoms with E-state index < -0.39 is 34.3 Å². The molecule has 0 spiro atoms. The van der Waals surface area contributed by atoms with E-state index in [0.29, 0.717) is 15.1 Å². The number of thiophene rings is 1. The molecule has 3 heterocycles. The third-order valence-electron chi connectivity index (χ3n) is 5.16. The summed E-state index contributed by atoms with van der Waals surface area (Å²) in [5, 5.41) is 19.2. The molecular weight excluding hydrogens is 525 g/mol. The summed E-state index contributed by atoms with van der Waals surface area (Å²) in [5.74, 6) is -1.57. The van der Waals surface area contributed by atoms with Gasteiger partial charge in [-0.25, -0.2) is 4.98 Å². The van der Waals surface area contributed by atoms with E-state index in [0.717, 1.165) is 17.7 Å². The van der Waals surface area contributed by atoms with Crippen LogP contribution in [0.15, 0.2) is 66.0 Å². The fraction of sp³-hybridized carbons (Fsp3) is 0.0833. The summed E-state index contributed by atoms with van der Waals surface area (Å²) in [6.07, 6.45) is -4.81. The Morgan fingerprint density at radius 2 is 1.89 bits per heavy atom. The molecule has 0 unspecified atom stereocenters. The van der Waals surface area contributed by atoms with Gasteiger partial charge in [-0.05, 0) is 42.1 Å². The molecule has 0 aliphatic rings. The highest BCUT2D eigenvalue weighted by Crippen LogP contribution is 2.33. The number of carbonyl (C=O) groups excluding carboxylic acids is 1. The van der Waals surface area contributed by atoms with Crippen molar-refractivity contribution in [1.82, 2.24) is 19.6 Å². The average molecular weight is 540 g/mol. The van der Waals surface area contributed by atoms with Crippen LogP contribution in [0.1, 0.15) is 21.9 Å². The zero-order valence-electron chi connectivity index (χ0n) is 19.3. The number of anilines is 1.